The smallest absolute Gasteiger partial charge is 0.246 e. The zero-order chi connectivity index (χ0) is 12.3. The minimum atomic E-state index is -3.37. The maximum Gasteiger partial charge on any atom is 0.246 e. The number of aromatic amines is 1. The molecule has 0 aromatic carbocycles. The first-order valence-corrected chi connectivity index (χ1v) is 7.31. The number of aromatic nitrogens is 2. The average molecular weight is 258 g/mol. The predicted octanol–water partition coefficient (Wildman–Crippen LogP) is 0.172. The Kier molecular flexibility index (Phi) is 3.80. The van der Waals surface area contributed by atoms with Gasteiger partial charge in [0.05, 0.1) is 6.20 Å². The van der Waals surface area contributed by atoms with Gasteiger partial charge in [-0.3, -0.25) is 5.10 Å². The van der Waals surface area contributed by atoms with Gasteiger partial charge < -0.3 is 5.32 Å². The molecule has 0 radical (unpaired) electrons. The Morgan fingerprint density at radius 1 is 1.65 bits per heavy atom. The Labute approximate surface area is 101 Å². The van der Waals surface area contributed by atoms with Gasteiger partial charge in [-0.05, 0) is 19.4 Å². The van der Waals surface area contributed by atoms with Crippen LogP contribution < -0.4 is 5.32 Å². The second-order valence-corrected chi connectivity index (χ2v) is 6.13. The Hall–Kier alpha value is -0.920. The molecule has 96 valence electrons. The van der Waals surface area contributed by atoms with Crippen molar-refractivity contribution in [1.29, 1.82) is 0 Å². The van der Waals surface area contributed by atoms with Crippen molar-refractivity contribution in [3.8, 4) is 0 Å². The summed E-state index contributed by atoms with van der Waals surface area (Å²) < 4.78 is 26.0. The van der Waals surface area contributed by atoms with Crippen molar-refractivity contribution < 1.29 is 8.42 Å². The highest BCUT2D eigenvalue weighted by Gasteiger charge is 2.30. The predicted molar refractivity (Wildman–Crippen MR) is 64.0 cm³/mol. The largest absolute Gasteiger partial charge is 0.313 e. The number of nitrogens with one attached hydrogen (secondary N) is 2. The number of piperidine rings is 1. The van der Waals surface area contributed by atoms with E-state index in [1.807, 2.05) is 6.92 Å². The topological polar surface area (TPSA) is 78.1 Å². The van der Waals surface area contributed by atoms with Gasteiger partial charge in [-0.15, -0.1) is 0 Å². The third-order valence-electron chi connectivity index (χ3n) is 2.99. The lowest BCUT2D eigenvalue weighted by atomic mass is 10.1. The molecule has 2 rings (SSSR count). The molecule has 6 nitrogen and oxygen atoms in total. The first kappa shape index (κ1) is 12.5. The highest BCUT2D eigenvalue weighted by atomic mass is 32.2. The van der Waals surface area contributed by atoms with E-state index in [0.717, 1.165) is 19.4 Å². The van der Waals surface area contributed by atoms with E-state index in [2.05, 4.69) is 15.5 Å². The Balaban J connectivity index is 2.12. The lowest BCUT2D eigenvalue weighted by Gasteiger charge is -2.31. The summed E-state index contributed by atoms with van der Waals surface area (Å²) in [5.74, 6) is 0. The van der Waals surface area contributed by atoms with Gasteiger partial charge in [-0.1, -0.05) is 6.92 Å². The summed E-state index contributed by atoms with van der Waals surface area (Å²) in [6.07, 6.45) is 4.71. The van der Waals surface area contributed by atoms with Crippen LogP contribution in [0, 0.1) is 0 Å². The van der Waals surface area contributed by atoms with E-state index in [0.29, 0.717) is 13.1 Å². The summed E-state index contributed by atoms with van der Waals surface area (Å²) in [5.41, 5.74) is 0. The molecule has 1 aliphatic rings. The third-order valence-corrected chi connectivity index (χ3v) is 4.82. The monoisotopic (exact) mass is 258 g/mol. The minimum Gasteiger partial charge on any atom is -0.313 e. The molecule has 1 aromatic heterocycles. The SMILES string of the molecule is CCNC1CCCN(S(=O)(=O)c2cn[nH]c2)C1. The first-order chi connectivity index (χ1) is 8.14. The Morgan fingerprint density at radius 2 is 2.47 bits per heavy atom. The molecule has 7 heteroatoms. The summed E-state index contributed by atoms with van der Waals surface area (Å²) in [4.78, 5) is 0.245. The number of rotatable bonds is 4. The zero-order valence-electron chi connectivity index (χ0n) is 9.89. The van der Waals surface area contributed by atoms with Gasteiger partial charge in [0.1, 0.15) is 4.90 Å². The first-order valence-electron chi connectivity index (χ1n) is 5.87. The van der Waals surface area contributed by atoms with Gasteiger partial charge in [-0.25, -0.2) is 8.42 Å². The van der Waals surface area contributed by atoms with Crippen molar-refractivity contribution in [2.75, 3.05) is 19.6 Å². The van der Waals surface area contributed by atoms with Crippen LogP contribution >= 0.6 is 0 Å². The molecular formula is C10H18N4O2S. The molecule has 0 spiro atoms. The maximum absolute atomic E-state index is 12.2. The van der Waals surface area contributed by atoms with Gasteiger partial charge in [0, 0.05) is 25.3 Å². The molecule has 0 saturated carbocycles. The molecule has 17 heavy (non-hydrogen) atoms. The standard InChI is InChI=1S/C10H18N4O2S/c1-2-11-9-4-3-5-14(8-9)17(15,16)10-6-12-13-7-10/h6-7,9,11H,2-5,8H2,1H3,(H,12,13). The Morgan fingerprint density at radius 3 is 3.12 bits per heavy atom. The van der Waals surface area contributed by atoms with Crippen molar-refractivity contribution in [3.63, 3.8) is 0 Å². The fourth-order valence-corrected chi connectivity index (χ4v) is 3.58. The van der Waals surface area contributed by atoms with E-state index in [1.54, 1.807) is 0 Å². The van der Waals surface area contributed by atoms with Crippen LogP contribution in [0.4, 0.5) is 0 Å². The molecule has 1 fully saturated rings. The molecule has 1 saturated heterocycles. The second-order valence-electron chi connectivity index (χ2n) is 4.19. The van der Waals surface area contributed by atoms with Crippen molar-refractivity contribution in [1.82, 2.24) is 19.8 Å². The summed E-state index contributed by atoms with van der Waals surface area (Å²) in [5, 5.41) is 9.53. The van der Waals surface area contributed by atoms with Crippen LogP contribution in [-0.4, -0.2) is 48.6 Å². The van der Waals surface area contributed by atoms with Crippen LogP contribution in [0.5, 0.6) is 0 Å². The Bertz CT molecular complexity index is 441. The van der Waals surface area contributed by atoms with Crippen LogP contribution in [-0.2, 0) is 10.0 Å². The van der Waals surface area contributed by atoms with Crippen molar-refractivity contribution in [2.45, 2.75) is 30.7 Å². The van der Waals surface area contributed by atoms with Crippen LogP contribution in [0.1, 0.15) is 19.8 Å². The maximum atomic E-state index is 12.2. The average Bonchev–Trinajstić information content (AvgIpc) is 2.84. The van der Waals surface area contributed by atoms with Crippen molar-refractivity contribution in [2.24, 2.45) is 0 Å². The van der Waals surface area contributed by atoms with E-state index in [1.165, 1.54) is 16.7 Å². The van der Waals surface area contributed by atoms with Crippen molar-refractivity contribution >= 4 is 10.0 Å². The fourth-order valence-electron chi connectivity index (χ4n) is 2.15. The number of likely N-dealkylation sites (N-methyl/N-ethyl adjacent to an activating group) is 1. The number of nitrogens with zero attached hydrogens (tertiary/aromatic N) is 2. The van der Waals surface area contributed by atoms with E-state index in [-0.39, 0.29) is 10.9 Å². The van der Waals surface area contributed by atoms with Gasteiger partial charge >= 0.3 is 0 Å². The van der Waals surface area contributed by atoms with Gasteiger partial charge in [0.25, 0.3) is 0 Å². The van der Waals surface area contributed by atoms with E-state index in [9.17, 15) is 8.42 Å². The molecular weight excluding hydrogens is 240 g/mol. The minimum absolute atomic E-state index is 0.245. The molecule has 0 aliphatic carbocycles. The number of hydrogen-bond donors (Lipinski definition) is 2. The third kappa shape index (κ3) is 2.67. The highest BCUT2D eigenvalue weighted by molar-refractivity contribution is 7.89. The van der Waals surface area contributed by atoms with E-state index >= 15 is 0 Å². The van der Waals surface area contributed by atoms with Crippen LogP contribution in [0.3, 0.4) is 0 Å². The van der Waals surface area contributed by atoms with Gasteiger partial charge in [0.15, 0.2) is 0 Å². The van der Waals surface area contributed by atoms with E-state index < -0.39 is 10.0 Å². The van der Waals surface area contributed by atoms with Crippen LogP contribution in [0.25, 0.3) is 0 Å². The lowest BCUT2D eigenvalue weighted by Crippen LogP contribution is -2.47. The highest BCUT2D eigenvalue weighted by Crippen LogP contribution is 2.19. The number of sulfonamides is 1. The van der Waals surface area contributed by atoms with Gasteiger partial charge in [0.2, 0.25) is 10.0 Å². The molecule has 1 unspecified atom stereocenters. The lowest BCUT2D eigenvalue weighted by molar-refractivity contribution is 0.286. The molecule has 1 aliphatic heterocycles. The molecule has 0 amide bonds. The quantitative estimate of drug-likeness (QED) is 0.807. The molecule has 2 N–H and O–H groups in total. The van der Waals surface area contributed by atoms with Gasteiger partial charge in [-0.2, -0.15) is 9.40 Å². The summed E-state index contributed by atoms with van der Waals surface area (Å²) in [6, 6.07) is 0.260. The zero-order valence-corrected chi connectivity index (χ0v) is 10.7. The fraction of sp³-hybridized carbons (Fsp3) is 0.700. The normalized spacial score (nSPS) is 22.8. The van der Waals surface area contributed by atoms with Crippen LogP contribution in [0.2, 0.25) is 0 Å². The van der Waals surface area contributed by atoms with Crippen molar-refractivity contribution in [3.05, 3.63) is 12.4 Å². The molecule has 0 bridgehead atoms. The number of H-pyrrole nitrogens is 1. The summed E-state index contributed by atoms with van der Waals surface area (Å²) in [7, 11) is -3.37. The van der Waals surface area contributed by atoms with E-state index in [4.69, 9.17) is 0 Å². The number of hydrogen-bond acceptors (Lipinski definition) is 4. The molecule has 2 heterocycles. The second kappa shape index (κ2) is 5.16. The van der Waals surface area contributed by atoms with Crippen LogP contribution in [0.15, 0.2) is 17.3 Å². The molecule has 1 aromatic rings. The summed E-state index contributed by atoms with van der Waals surface area (Å²) >= 11 is 0. The molecule has 1 atom stereocenters. The summed E-state index contributed by atoms with van der Waals surface area (Å²) in [6.45, 7) is 4.03.